The number of rotatable bonds is 6. The van der Waals surface area contributed by atoms with Gasteiger partial charge in [0.2, 0.25) is 10.0 Å². The first-order valence-electron chi connectivity index (χ1n) is 10.0. The average Bonchev–Trinajstić information content (AvgIpc) is 3.28. The van der Waals surface area contributed by atoms with Crippen LogP contribution < -0.4 is 20.7 Å². The fourth-order valence-electron chi connectivity index (χ4n) is 3.43. The van der Waals surface area contributed by atoms with E-state index in [1.807, 2.05) is 12.1 Å². The van der Waals surface area contributed by atoms with Crippen molar-refractivity contribution in [2.45, 2.75) is 4.90 Å². The Hall–Kier alpha value is -3.90. The molecule has 0 unspecified atom stereocenters. The molecule has 0 radical (unpaired) electrons. The molecular weight excluding hydrogens is 494 g/mol. The molecule has 180 valence electrons. The summed E-state index contributed by atoms with van der Waals surface area (Å²) in [5, 5.41) is 20.4. The first kappa shape index (κ1) is 24.2. The molecular formula is C23H20ClN5O5S. The number of amides is 2. The maximum absolute atomic E-state index is 11.7. The van der Waals surface area contributed by atoms with Crippen molar-refractivity contribution in [3.63, 3.8) is 0 Å². The summed E-state index contributed by atoms with van der Waals surface area (Å²) in [6.07, 6.45) is 0. The van der Waals surface area contributed by atoms with Gasteiger partial charge >= 0.3 is 6.03 Å². The Bertz CT molecular complexity index is 1500. The molecule has 10 nitrogen and oxygen atoms in total. The molecule has 0 aliphatic heterocycles. The number of benzene rings is 3. The van der Waals surface area contributed by atoms with Crippen molar-refractivity contribution in [3.8, 4) is 34.0 Å². The molecule has 2 amide bonds. The van der Waals surface area contributed by atoms with E-state index in [4.69, 9.17) is 32.3 Å². The highest BCUT2D eigenvalue weighted by molar-refractivity contribution is 7.89. The van der Waals surface area contributed by atoms with Crippen LogP contribution in [0.1, 0.15) is 0 Å². The van der Waals surface area contributed by atoms with Crippen molar-refractivity contribution < 1.29 is 23.2 Å². The Labute approximate surface area is 205 Å². The number of aromatic nitrogens is 2. The van der Waals surface area contributed by atoms with Gasteiger partial charge in [0.05, 0.1) is 39.8 Å². The summed E-state index contributed by atoms with van der Waals surface area (Å²) in [5.74, 6) is 0.512. The second-order valence-electron chi connectivity index (χ2n) is 7.41. The van der Waals surface area contributed by atoms with E-state index >= 15 is 0 Å². The summed E-state index contributed by atoms with van der Waals surface area (Å²) >= 11 is 6.34. The number of ether oxygens (including phenoxy) is 1. The van der Waals surface area contributed by atoms with Crippen LogP contribution in [-0.4, -0.2) is 36.5 Å². The zero-order valence-electron chi connectivity index (χ0n) is 18.3. The Kier molecular flexibility index (Phi) is 6.50. The predicted molar refractivity (Wildman–Crippen MR) is 131 cm³/mol. The van der Waals surface area contributed by atoms with E-state index in [2.05, 4.69) is 0 Å². The Balaban J connectivity index is 1.83. The zero-order valence-corrected chi connectivity index (χ0v) is 19.9. The fourth-order valence-corrected chi connectivity index (χ4v) is 4.20. The number of nitrogens with two attached hydrogens (primary N) is 2. The molecule has 1 aromatic heterocycles. The van der Waals surface area contributed by atoms with Crippen molar-refractivity contribution in [2.24, 2.45) is 10.9 Å². The van der Waals surface area contributed by atoms with E-state index in [0.717, 1.165) is 5.56 Å². The van der Waals surface area contributed by atoms with E-state index in [-0.39, 0.29) is 10.6 Å². The van der Waals surface area contributed by atoms with Gasteiger partial charge in [0.25, 0.3) is 0 Å². The van der Waals surface area contributed by atoms with Crippen molar-refractivity contribution in [3.05, 3.63) is 77.8 Å². The molecule has 0 aliphatic rings. The second-order valence-corrected chi connectivity index (χ2v) is 9.38. The average molecular weight is 514 g/mol. The van der Waals surface area contributed by atoms with E-state index in [1.54, 1.807) is 41.1 Å². The van der Waals surface area contributed by atoms with Crippen LogP contribution in [0.5, 0.6) is 5.75 Å². The molecule has 0 saturated carbocycles. The van der Waals surface area contributed by atoms with Gasteiger partial charge < -0.3 is 10.5 Å². The SMILES string of the molecule is COc1ccc(-c2cc(-c3ccc(N(O)C(N)=O)cc3)nn2-c2ccc(S(N)(=O)=O)cc2)cc1Cl. The third-order valence-corrected chi connectivity index (χ3v) is 6.41. The minimum absolute atomic E-state index is 0.0266. The zero-order chi connectivity index (χ0) is 25.3. The van der Waals surface area contributed by atoms with Crippen molar-refractivity contribution in [1.29, 1.82) is 0 Å². The number of hydrogen-bond donors (Lipinski definition) is 3. The van der Waals surface area contributed by atoms with Gasteiger partial charge in [0.1, 0.15) is 5.75 Å². The van der Waals surface area contributed by atoms with E-state index in [0.29, 0.717) is 38.5 Å². The van der Waals surface area contributed by atoms with Crippen LogP contribution in [0, 0.1) is 0 Å². The molecule has 4 rings (SSSR count). The summed E-state index contributed by atoms with van der Waals surface area (Å²) in [7, 11) is -2.33. The number of halogens is 1. The molecule has 0 saturated heterocycles. The number of hydrogen-bond acceptors (Lipinski definition) is 6. The lowest BCUT2D eigenvalue weighted by atomic mass is 10.1. The molecule has 0 bridgehead atoms. The molecule has 12 heteroatoms. The largest absolute Gasteiger partial charge is 0.495 e. The summed E-state index contributed by atoms with van der Waals surface area (Å²) in [6.45, 7) is 0. The number of primary amides is 1. The molecule has 5 N–H and O–H groups in total. The molecule has 1 heterocycles. The summed E-state index contributed by atoms with van der Waals surface area (Å²) in [6, 6.07) is 18.4. The minimum Gasteiger partial charge on any atom is -0.495 e. The number of carbonyl (C=O) groups excluding carboxylic acids is 1. The highest BCUT2D eigenvalue weighted by Crippen LogP contribution is 2.34. The van der Waals surface area contributed by atoms with Crippen LogP contribution in [0.15, 0.2) is 77.7 Å². The molecule has 0 aliphatic carbocycles. The lowest BCUT2D eigenvalue weighted by molar-refractivity contribution is 0.212. The van der Waals surface area contributed by atoms with Gasteiger partial charge in [0, 0.05) is 11.1 Å². The number of carbonyl (C=O) groups is 1. The summed E-state index contributed by atoms with van der Waals surface area (Å²) in [4.78, 5) is 11.2. The number of sulfonamides is 1. The molecule has 0 fully saturated rings. The van der Waals surface area contributed by atoms with Gasteiger partial charge in [-0.2, -0.15) is 10.2 Å². The number of urea groups is 1. The lowest BCUT2D eigenvalue weighted by Crippen LogP contribution is -2.32. The number of nitrogens with zero attached hydrogens (tertiary/aromatic N) is 3. The van der Waals surface area contributed by atoms with Crippen LogP contribution in [0.25, 0.3) is 28.2 Å². The predicted octanol–water partition coefficient (Wildman–Crippen LogP) is 3.79. The monoisotopic (exact) mass is 513 g/mol. The van der Waals surface area contributed by atoms with Crippen LogP contribution in [0.3, 0.4) is 0 Å². The summed E-state index contributed by atoms with van der Waals surface area (Å²) < 4.78 is 30.2. The van der Waals surface area contributed by atoms with Gasteiger partial charge in [-0.15, -0.1) is 0 Å². The van der Waals surface area contributed by atoms with Gasteiger partial charge in [-0.1, -0.05) is 23.7 Å². The smallest absolute Gasteiger partial charge is 0.343 e. The molecule has 4 aromatic rings. The molecule has 35 heavy (non-hydrogen) atoms. The third kappa shape index (κ3) is 4.98. The first-order chi connectivity index (χ1) is 16.6. The van der Waals surface area contributed by atoms with E-state index in [9.17, 15) is 18.4 Å². The standard InChI is InChI=1S/C23H20ClN5O5S/c1-34-22-11-4-15(12-19(22)24)21-13-20(14-2-5-17(6-3-14)29(31)23(25)30)27-28(21)16-7-9-18(10-8-16)35(26,32)33/h2-13,31H,1H3,(H2,25,30)(H2,26,32,33). The normalized spacial score (nSPS) is 11.3. The Morgan fingerprint density at radius 3 is 2.20 bits per heavy atom. The number of anilines is 1. The maximum atomic E-state index is 11.7. The molecule has 0 atom stereocenters. The highest BCUT2D eigenvalue weighted by Gasteiger charge is 2.17. The van der Waals surface area contributed by atoms with Crippen molar-refractivity contribution in [1.82, 2.24) is 9.78 Å². The third-order valence-electron chi connectivity index (χ3n) is 5.18. The van der Waals surface area contributed by atoms with Crippen molar-refractivity contribution >= 4 is 33.3 Å². The molecule has 0 spiro atoms. The number of methoxy groups -OCH3 is 1. The lowest BCUT2D eigenvalue weighted by Gasteiger charge is -2.11. The van der Waals surface area contributed by atoms with Crippen molar-refractivity contribution in [2.75, 3.05) is 12.2 Å². The van der Waals surface area contributed by atoms with Crippen LogP contribution in [-0.2, 0) is 10.0 Å². The maximum Gasteiger partial charge on any atom is 0.343 e. The van der Waals surface area contributed by atoms with Gasteiger partial charge in [0.15, 0.2) is 0 Å². The number of hydroxylamine groups is 1. The molecule has 3 aromatic carbocycles. The van der Waals surface area contributed by atoms with Gasteiger partial charge in [-0.3, -0.25) is 5.21 Å². The first-order valence-corrected chi connectivity index (χ1v) is 12.0. The Morgan fingerprint density at radius 2 is 1.66 bits per heavy atom. The topological polar surface area (TPSA) is 154 Å². The minimum atomic E-state index is -3.85. The quantitative estimate of drug-likeness (QED) is 0.263. The van der Waals surface area contributed by atoms with E-state index < -0.39 is 16.1 Å². The fraction of sp³-hybridized carbons (Fsp3) is 0.0435. The number of primary sulfonamides is 1. The van der Waals surface area contributed by atoms with Crippen LogP contribution >= 0.6 is 11.6 Å². The van der Waals surface area contributed by atoms with Crippen LogP contribution in [0.4, 0.5) is 10.5 Å². The second kappa shape index (κ2) is 9.39. The van der Waals surface area contributed by atoms with Gasteiger partial charge in [-0.25, -0.2) is 23.0 Å². The summed E-state index contributed by atoms with van der Waals surface area (Å²) in [5.41, 5.74) is 8.52. The van der Waals surface area contributed by atoms with E-state index in [1.165, 1.54) is 31.4 Å². The highest BCUT2D eigenvalue weighted by atomic mass is 35.5. The van der Waals surface area contributed by atoms with Gasteiger partial charge in [-0.05, 0) is 60.7 Å². The van der Waals surface area contributed by atoms with Crippen LogP contribution in [0.2, 0.25) is 5.02 Å². The Morgan fingerprint density at radius 1 is 1.03 bits per heavy atom.